The number of rotatable bonds is 7. The molecule has 2 rings (SSSR count). The summed E-state index contributed by atoms with van der Waals surface area (Å²) in [5.41, 5.74) is 0.795. The first-order valence-corrected chi connectivity index (χ1v) is 7.40. The van der Waals surface area contributed by atoms with Crippen LogP contribution in [0.5, 0.6) is 0 Å². The fraction of sp³-hybridized carbons (Fsp3) is 0.500. The number of hydrogen-bond donors (Lipinski definition) is 1. The Bertz CT molecular complexity index is 652. The van der Waals surface area contributed by atoms with Crippen LogP contribution in [0.1, 0.15) is 32.1 Å². The second-order valence-electron chi connectivity index (χ2n) is 5.11. The van der Waals surface area contributed by atoms with E-state index in [2.05, 4.69) is 12.2 Å². The summed E-state index contributed by atoms with van der Waals surface area (Å²) in [5, 5.41) is 4.02. The van der Waals surface area contributed by atoms with E-state index in [0.717, 1.165) is 24.3 Å². The largest absolute Gasteiger partial charge is 0.383 e. The summed E-state index contributed by atoms with van der Waals surface area (Å²) < 4.78 is 6.83. The normalized spacial score (nSPS) is 12.7. The molecular weight excluding hydrogens is 266 g/mol. The number of fused-ring (bicyclic) bond motifs is 1. The fourth-order valence-corrected chi connectivity index (χ4v) is 2.42. The minimum Gasteiger partial charge on any atom is -0.383 e. The van der Waals surface area contributed by atoms with Gasteiger partial charge in [0.15, 0.2) is 0 Å². The average molecular weight is 289 g/mol. The van der Waals surface area contributed by atoms with Crippen LogP contribution < -0.4 is 10.9 Å². The van der Waals surface area contributed by atoms with Crippen LogP contribution in [-0.2, 0) is 11.3 Å². The molecule has 0 radical (unpaired) electrons. The highest BCUT2D eigenvalue weighted by atomic mass is 16.5. The van der Waals surface area contributed by atoms with Gasteiger partial charge in [-0.2, -0.15) is 0 Å². The fourth-order valence-electron chi connectivity index (χ4n) is 2.42. The van der Waals surface area contributed by atoms with Crippen LogP contribution in [0.3, 0.4) is 0 Å². The number of aromatic nitrogens is 2. The number of hydrogen-bond acceptors (Lipinski definition) is 4. The van der Waals surface area contributed by atoms with E-state index in [1.165, 1.54) is 0 Å². The van der Waals surface area contributed by atoms with Crippen molar-refractivity contribution >= 4 is 10.9 Å². The topological polar surface area (TPSA) is 56.1 Å². The highest BCUT2D eigenvalue weighted by Crippen LogP contribution is 2.14. The molecular formula is C16H23N3O2. The molecule has 0 saturated carbocycles. The average Bonchev–Trinajstić information content (AvgIpc) is 2.50. The lowest BCUT2D eigenvalue weighted by Crippen LogP contribution is -2.32. The first kappa shape index (κ1) is 15.7. The molecule has 1 heterocycles. The quantitative estimate of drug-likeness (QED) is 0.793. The number of ether oxygens (including phenoxy) is 1. The van der Waals surface area contributed by atoms with Gasteiger partial charge in [0, 0.05) is 20.2 Å². The Morgan fingerprint density at radius 1 is 1.38 bits per heavy atom. The third kappa shape index (κ3) is 3.49. The molecule has 0 aliphatic carbocycles. The maximum absolute atomic E-state index is 12.6. The van der Waals surface area contributed by atoms with Crippen LogP contribution in [0.2, 0.25) is 0 Å². The van der Waals surface area contributed by atoms with E-state index < -0.39 is 0 Å². The second kappa shape index (κ2) is 7.33. The zero-order valence-electron chi connectivity index (χ0n) is 12.9. The Morgan fingerprint density at radius 2 is 2.14 bits per heavy atom. The molecule has 0 aliphatic rings. The minimum atomic E-state index is 0.00371. The van der Waals surface area contributed by atoms with Gasteiger partial charge in [-0.25, -0.2) is 4.98 Å². The van der Waals surface area contributed by atoms with Gasteiger partial charge in [0.1, 0.15) is 5.82 Å². The van der Waals surface area contributed by atoms with Crippen LogP contribution >= 0.6 is 0 Å². The maximum Gasteiger partial charge on any atom is 0.261 e. The molecule has 0 unspecified atom stereocenters. The molecule has 21 heavy (non-hydrogen) atoms. The SMILES string of the molecule is CCCn1c([C@H](C)NCCOC)nc2ccccc2c1=O. The highest BCUT2D eigenvalue weighted by Gasteiger charge is 2.15. The smallest absolute Gasteiger partial charge is 0.261 e. The molecule has 114 valence electrons. The van der Waals surface area contributed by atoms with E-state index in [1.807, 2.05) is 31.2 Å². The van der Waals surface area contributed by atoms with E-state index in [-0.39, 0.29) is 11.6 Å². The van der Waals surface area contributed by atoms with Crippen LogP contribution in [0, 0.1) is 0 Å². The molecule has 1 aromatic carbocycles. The number of para-hydroxylation sites is 1. The maximum atomic E-state index is 12.6. The number of methoxy groups -OCH3 is 1. The van der Waals surface area contributed by atoms with Crippen molar-refractivity contribution in [3.63, 3.8) is 0 Å². The van der Waals surface area contributed by atoms with Gasteiger partial charge in [-0.3, -0.25) is 9.36 Å². The van der Waals surface area contributed by atoms with Gasteiger partial charge >= 0.3 is 0 Å². The summed E-state index contributed by atoms with van der Waals surface area (Å²) in [7, 11) is 1.67. The molecule has 1 N–H and O–H groups in total. The lowest BCUT2D eigenvalue weighted by molar-refractivity contribution is 0.195. The monoisotopic (exact) mass is 289 g/mol. The van der Waals surface area contributed by atoms with E-state index in [1.54, 1.807) is 11.7 Å². The molecule has 0 aliphatic heterocycles. The van der Waals surface area contributed by atoms with Gasteiger partial charge in [0.25, 0.3) is 5.56 Å². The minimum absolute atomic E-state index is 0.00371. The Hall–Kier alpha value is -1.72. The first-order valence-electron chi connectivity index (χ1n) is 7.40. The van der Waals surface area contributed by atoms with Gasteiger partial charge in [-0.15, -0.1) is 0 Å². The van der Waals surface area contributed by atoms with Crippen LogP contribution in [0.25, 0.3) is 10.9 Å². The summed E-state index contributed by atoms with van der Waals surface area (Å²) >= 11 is 0. The van der Waals surface area contributed by atoms with Gasteiger partial charge < -0.3 is 10.1 Å². The summed E-state index contributed by atoms with van der Waals surface area (Å²) in [6.45, 7) is 6.14. The van der Waals surface area contributed by atoms with Crippen molar-refractivity contribution in [2.45, 2.75) is 32.9 Å². The molecule has 0 bridgehead atoms. The highest BCUT2D eigenvalue weighted by molar-refractivity contribution is 5.77. The molecule has 1 atom stereocenters. The summed E-state index contributed by atoms with van der Waals surface area (Å²) in [5.74, 6) is 0.789. The molecule has 1 aromatic heterocycles. The van der Waals surface area contributed by atoms with E-state index >= 15 is 0 Å². The van der Waals surface area contributed by atoms with Crippen molar-refractivity contribution in [1.29, 1.82) is 0 Å². The third-order valence-electron chi connectivity index (χ3n) is 3.48. The molecule has 5 nitrogen and oxygen atoms in total. The van der Waals surface area contributed by atoms with E-state index in [9.17, 15) is 4.79 Å². The van der Waals surface area contributed by atoms with Gasteiger partial charge in [-0.05, 0) is 25.5 Å². The Balaban J connectivity index is 2.45. The third-order valence-corrected chi connectivity index (χ3v) is 3.48. The van der Waals surface area contributed by atoms with Gasteiger partial charge in [-0.1, -0.05) is 19.1 Å². The second-order valence-corrected chi connectivity index (χ2v) is 5.11. The van der Waals surface area contributed by atoms with Crippen LogP contribution in [-0.4, -0.2) is 29.8 Å². The zero-order chi connectivity index (χ0) is 15.2. The van der Waals surface area contributed by atoms with Crippen molar-refractivity contribution in [2.24, 2.45) is 0 Å². The predicted octanol–water partition coefficient (Wildman–Crippen LogP) is 2.10. The van der Waals surface area contributed by atoms with E-state index in [4.69, 9.17) is 9.72 Å². The van der Waals surface area contributed by atoms with Crippen molar-refractivity contribution in [2.75, 3.05) is 20.3 Å². The molecule has 0 amide bonds. The number of benzene rings is 1. The predicted molar refractivity (Wildman–Crippen MR) is 84.6 cm³/mol. The standard InChI is InChI=1S/C16H23N3O2/c1-4-10-19-15(12(2)17-9-11-21-3)18-14-8-6-5-7-13(14)16(19)20/h5-8,12,17H,4,9-11H2,1-3H3/t12-/m0/s1. The molecule has 0 fully saturated rings. The molecule has 0 saturated heterocycles. The molecule has 5 heteroatoms. The zero-order valence-corrected chi connectivity index (χ0v) is 12.9. The van der Waals surface area contributed by atoms with Crippen LogP contribution in [0.15, 0.2) is 29.1 Å². The van der Waals surface area contributed by atoms with Crippen molar-refractivity contribution in [3.8, 4) is 0 Å². The number of nitrogens with one attached hydrogen (secondary N) is 1. The summed E-state index contributed by atoms with van der Waals surface area (Å²) in [6.07, 6.45) is 0.901. The Kier molecular flexibility index (Phi) is 5.47. The Morgan fingerprint density at radius 3 is 2.86 bits per heavy atom. The van der Waals surface area contributed by atoms with E-state index in [0.29, 0.717) is 18.5 Å². The first-order chi connectivity index (χ1) is 10.2. The van der Waals surface area contributed by atoms with Gasteiger partial charge in [0.2, 0.25) is 0 Å². The summed E-state index contributed by atoms with van der Waals surface area (Å²) in [4.78, 5) is 17.3. The number of nitrogens with zero attached hydrogens (tertiary/aromatic N) is 2. The summed E-state index contributed by atoms with van der Waals surface area (Å²) in [6, 6.07) is 7.51. The molecule has 2 aromatic rings. The van der Waals surface area contributed by atoms with Crippen molar-refractivity contribution < 1.29 is 4.74 Å². The Labute approximate surface area is 125 Å². The van der Waals surface area contributed by atoms with Gasteiger partial charge in [0.05, 0.1) is 23.6 Å². The molecule has 0 spiro atoms. The van der Waals surface area contributed by atoms with Crippen molar-refractivity contribution in [3.05, 3.63) is 40.4 Å². The lowest BCUT2D eigenvalue weighted by Gasteiger charge is -2.19. The lowest BCUT2D eigenvalue weighted by atomic mass is 10.2. The van der Waals surface area contributed by atoms with Crippen molar-refractivity contribution in [1.82, 2.24) is 14.9 Å². The van der Waals surface area contributed by atoms with Crippen LogP contribution in [0.4, 0.5) is 0 Å².